The van der Waals surface area contributed by atoms with Crippen molar-refractivity contribution in [1.29, 1.82) is 0 Å². The van der Waals surface area contributed by atoms with Crippen molar-refractivity contribution in [3.63, 3.8) is 0 Å². The van der Waals surface area contributed by atoms with E-state index in [1.165, 1.54) is 17.0 Å². The fourth-order valence-corrected chi connectivity index (χ4v) is 8.80. The van der Waals surface area contributed by atoms with E-state index in [0.717, 1.165) is 57.8 Å². The van der Waals surface area contributed by atoms with E-state index in [2.05, 4.69) is 22.9 Å². The maximum atomic E-state index is 13.9. The molecule has 2 saturated heterocycles. The third-order valence-corrected chi connectivity index (χ3v) is 11.7. The van der Waals surface area contributed by atoms with Crippen molar-refractivity contribution in [2.45, 2.75) is 50.3 Å². The molecular formula is C33H40FN5O7S. The number of amides is 2. The molecule has 0 unspecified atom stereocenters. The Morgan fingerprint density at radius 2 is 1.85 bits per heavy atom. The first-order chi connectivity index (χ1) is 22.3. The molecule has 2 fully saturated rings. The standard InChI is InChI=1S/C33H40FN5O7S/c1-19-13-27(37-12-11-36(3)23(16-37)18-45-4)20(2)30-29(19)24-8-9-38(17-26(24)33(42)46-30)32(41)21-5-6-25(31(35)40)28(14-21)47(43,44)39-10-7-22(34)15-39/h5-6,13-14,22-23H,7-12,15-18H2,1-4H3,(H2,35,40)/t22-,23+/m0/s1. The number of hydrogen-bond donors (Lipinski definition) is 1. The second kappa shape index (κ2) is 12.6. The quantitative estimate of drug-likeness (QED) is 0.374. The minimum atomic E-state index is -4.30. The van der Waals surface area contributed by atoms with Crippen LogP contribution in [0.2, 0.25) is 0 Å². The molecular weight excluding hydrogens is 629 g/mol. The number of carbonyl (C=O) groups is 2. The van der Waals surface area contributed by atoms with Crippen LogP contribution in [0.25, 0.3) is 11.0 Å². The number of likely N-dealkylation sites (N-methyl/N-ethyl adjacent to an activating group) is 1. The molecule has 2 amide bonds. The van der Waals surface area contributed by atoms with Gasteiger partial charge in [0, 0.05) is 68.6 Å². The van der Waals surface area contributed by atoms with Gasteiger partial charge >= 0.3 is 5.63 Å². The Hall–Kier alpha value is -3.85. The number of carbonyl (C=O) groups excluding carboxylic acids is 2. The Bertz CT molecular complexity index is 1930. The number of primary amides is 1. The molecule has 2 aromatic carbocycles. The van der Waals surface area contributed by atoms with Crippen LogP contribution < -0.4 is 16.3 Å². The number of alkyl halides is 1. The summed E-state index contributed by atoms with van der Waals surface area (Å²) >= 11 is 0. The van der Waals surface area contributed by atoms with Crippen molar-refractivity contribution < 1.29 is 31.6 Å². The number of rotatable bonds is 7. The number of nitrogens with two attached hydrogens (primary N) is 1. The Labute approximate surface area is 272 Å². The summed E-state index contributed by atoms with van der Waals surface area (Å²) in [4.78, 5) is 45.0. The summed E-state index contributed by atoms with van der Waals surface area (Å²) in [6.45, 7) is 6.92. The van der Waals surface area contributed by atoms with E-state index in [1.807, 2.05) is 13.8 Å². The van der Waals surface area contributed by atoms with Crippen LogP contribution in [-0.4, -0.2) is 107 Å². The zero-order valence-corrected chi connectivity index (χ0v) is 27.9. The molecule has 2 N–H and O–H groups in total. The highest BCUT2D eigenvalue weighted by atomic mass is 32.2. The predicted octanol–water partition coefficient (Wildman–Crippen LogP) is 2.21. The number of halogens is 1. The second-order valence-corrected chi connectivity index (χ2v) is 14.6. The number of ether oxygens (including phenoxy) is 1. The molecule has 252 valence electrons. The first-order valence-electron chi connectivity index (χ1n) is 15.7. The summed E-state index contributed by atoms with van der Waals surface area (Å²) in [6.07, 6.45) is -0.885. The van der Waals surface area contributed by atoms with Gasteiger partial charge in [-0.15, -0.1) is 0 Å². The van der Waals surface area contributed by atoms with E-state index in [4.69, 9.17) is 14.9 Å². The summed E-state index contributed by atoms with van der Waals surface area (Å²) in [7, 11) is -0.510. The number of fused-ring (bicyclic) bond motifs is 3. The highest BCUT2D eigenvalue weighted by Crippen LogP contribution is 2.36. The Balaban J connectivity index is 1.31. The number of nitrogens with zero attached hydrogens (tertiary/aromatic N) is 4. The van der Waals surface area contributed by atoms with Crippen LogP contribution in [0.1, 0.15) is 49.4 Å². The van der Waals surface area contributed by atoms with Gasteiger partial charge in [0.25, 0.3) is 5.91 Å². The SMILES string of the molecule is COC[C@H]1CN(c2cc(C)c3c4c(c(=O)oc3c2C)CN(C(=O)c2ccc(C(N)=O)c(S(=O)(=O)N3CC[C@H](F)C3)c2)CC4)CCN1C. The summed E-state index contributed by atoms with van der Waals surface area (Å²) in [5.74, 6) is -1.50. The Kier molecular flexibility index (Phi) is 8.89. The van der Waals surface area contributed by atoms with E-state index < -0.39 is 38.5 Å². The summed E-state index contributed by atoms with van der Waals surface area (Å²) in [6, 6.07) is 6.03. The number of sulfonamides is 1. The monoisotopic (exact) mass is 669 g/mol. The molecule has 12 nitrogen and oxygen atoms in total. The third kappa shape index (κ3) is 5.92. The Morgan fingerprint density at radius 3 is 2.53 bits per heavy atom. The van der Waals surface area contributed by atoms with E-state index in [-0.39, 0.29) is 49.8 Å². The van der Waals surface area contributed by atoms with Gasteiger partial charge in [-0.25, -0.2) is 17.6 Å². The van der Waals surface area contributed by atoms with Crippen molar-refractivity contribution >= 4 is 38.5 Å². The first-order valence-corrected chi connectivity index (χ1v) is 17.2. The number of piperazine rings is 1. The Morgan fingerprint density at radius 1 is 1.09 bits per heavy atom. The smallest absolute Gasteiger partial charge is 0.341 e. The fourth-order valence-electron chi connectivity index (χ4n) is 7.09. The van der Waals surface area contributed by atoms with Crippen LogP contribution in [0.4, 0.5) is 10.1 Å². The van der Waals surface area contributed by atoms with E-state index in [1.54, 1.807) is 7.11 Å². The van der Waals surface area contributed by atoms with Gasteiger partial charge < -0.3 is 24.7 Å². The largest absolute Gasteiger partial charge is 0.422 e. The zero-order valence-electron chi connectivity index (χ0n) is 27.0. The van der Waals surface area contributed by atoms with E-state index >= 15 is 0 Å². The van der Waals surface area contributed by atoms with Gasteiger partial charge in [-0.05, 0) is 69.1 Å². The highest BCUT2D eigenvalue weighted by molar-refractivity contribution is 7.89. The zero-order chi connectivity index (χ0) is 33.8. The molecule has 0 radical (unpaired) electrons. The molecule has 4 heterocycles. The molecule has 0 aliphatic carbocycles. The molecule has 14 heteroatoms. The van der Waals surface area contributed by atoms with Gasteiger partial charge in [-0.1, -0.05) is 0 Å². The lowest BCUT2D eigenvalue weighted by atomic mass is 9.92. The molecule has 0 bridgehead atoms. The van der Waals surface area contributed by atoms with Gasteiger partial charge in [-0.3, -0.25) is 14.5 Å². The van der Waals surface area contributed by atoms with Crippen molar-refractivity contribution in [2.75, 3.05) is 64.9 Å². The number of methoxy groups -OCH3 is 1. The lowest BCUT2D eigenvalue weighted by molar-refractivity contribution is 0.0732. The van der Waals surface area contributed by atoms with Crippen molar-refractivity contribution in [3.8, 4) is 0 Å². The molecule has 3 aliphatic heterocycles. The highest BCUT2D eigenvalue weighted by Gasteiger charge is 2.36. The second-order valence-electron chi connectivity index (χ2n) is 12.7. The molecule has 3 aliphatic rings. The van der Waals surface area contributed by atoms with Crippen molar-refractivity contribution in [1.82, 2.24) is 14.1 Å². The molecule has 0 saturated carbocycles. The fraction of sp³-hybridized carbons (Fsp3) is 0.485. The number of benzene rings is 2. The van der Waals surface area contributed by atoms with Crippen LogP contribution in [0.3, 0.4) is 0 Å². The molecule has 0 spiro atoms. The predicted molar refractivity (Wildman–Crippen MR) is 174 cm³/mol. The lowest BCUT2D eigenvalue weighted by Gasteiger charge is -2.41. The average Bonchev–Trinajstić information content (AvgIpc) is 3.50. The summed E-state index contributed by atoms with van der Waals surface area (Å²) < 4.78 is 53.1. The van der Waals surface area contributed by atoms with Crippen LogP contribution >= 0.6 is 0 Å². The van der Waals surface area contributed by atoms with Crippen LogP contribution in [0, 0.1) is 13.8 Å². The summed E-state index contributed by atoms with van der Waals surface area (Å²) in [5, 5.41) is 0.867. The molecule has 2 atom stereocenters. The number of hydrogen-bond acceptors (Lipinski definition) is 9. The van der Waals surface area contributed by atoms with Crippen LogP contribution in [0.5, 0.6) is 0 Å². The maximum Gasteiger partial charge on any atom is 0.341 e. The number of aryl methyl sites for hydroxylation is 2. The number of anilines is 1. The van der Waals surface area contributed by atoms with Gasteiger partial charge in [0.15, 0.2) is 0 Å². The van der Waals surface area contributed by atoms with Gasteiger partial charge in [-0.2, -0.15) is 4.31 Å². The van der Waals surface area contributed by atoms with E-state index in [9.17, 15) is 27.2 Å². The molecule has 3 aromatic rings. The minimum absolute atomic E-state index is 0.00816. The van der Waals surface area contributed by atoms with Crippen molar-refractivity contribution in [3.05, 3.63) is 68.1 Å². The third-order valence-electron chi connectivity index (χ3n) is 9.76. The minimum Gasteiger partial charge on any atom is -0.422 e. The molecule has 6 rings (SSSR count). The van der Waals surface area contributed by atoms with Gasteiger partial charge in [0.1, 0.15) is 11.8 Å². The first kappa shape index (κ1) is 33.1. The van der Waals surface area contributed by atoms with Gasteiger partial charge in [0.05, 0.1) is 35.2 Å². The molecule has 1 aromatic heterocycles. The average molecular weight is 670 g/mol. The van der Waals surface area contributed by atoms with E-state index in [0.29, 0.717) is 24.2 Å². The van der Waals surface area contributed by atoms with Gasteiger partial charge in [0.2, 0.25) is 15.9 Å². The maximum absolute atomic E-state index is 13.9. The molecule has 47 heavy (non-hydrogen) atoms. The van der Waals surface area contributed by atoms with Crippen molar-refractivity contribution in [2.24, 2.45) is 5.73 Å². The van der Waals surface area contributed by atoms with Crippen LogP contribution in [0.15, 0.2) is 38.4 Å². The topological polar surface area (TPSA) is 147 Å². The lowest BCUT2D eigenvalue weighted by Crippen LogP contribution is -2.53. The summed E-state index contributed by atoms with van der Waals surface area (Å²) in [5.41, 5.74) is 9.29. The normalized spacial score (nSPS) is 21.0. The van der Waals surface area contributed by atoms with Crippen LogP contribution in [-0.2, 0) is 27.7 Å².